The molecule has 0 saturated carbocycles. The Labute approximate surface area is 141 Å². The van der Waals surface area contributed by atoms with E-state index in [1.807, 2.05) is 13.0 Å². The van der Waals surface area contributed by atoms with Crippen molar-refractivity contribution in [2.45, 2.75) is 26.4 Å². The Morgan fingerprint density at radius 1 is 1.39 bits per heavy atom. The van der Waals surface area contributed by atoms with Crippen LogP contribution in [0.1, 0.15) is 22.6 Å². The van der Waals surface area contributed by atoms with Gasteiger partial charge in [0, 0.05) is 47.6 Å². The van der Waals surface area contributed by atoms with E-state index in [2.05, 4.69) is 54.1 Å². The van der Waals surface area contributed by atoms with Gasteiger partial charge in [0.2, 0.25) is 0 Å². The zero-order valence-corrected chi connectivity index (χ0v) is 14.4. The minimum atomic E-state index is -0.00105. The second-order valence-corrected chi connectivity index (χ2v) is 6.96. The number of hydrogen-bond donors (Lipinski definition) is 2. The van der Waals surface area contributed by atoms with Crippen LogP contribution < -0.4 is 5.56 Å². The number of aryl methyl sites for hydroxylation is 1. The summed E-state index contributed by atoms with van der Waals surface area (Å²) < 4.78 is 1.07. The molecule has 0 bridgehead atoms. The molecule has 4 rings (SSSR count). The molecule has 0 saturated heterocycles. The van der Waals surface area contributed by atoms with Gasteiger partial charge in [-0.15, -0.1) is 0 Å². The minimum Gasteiger partial charge on any atom is -0.361 e. The molecule has 23 heavy (non-hydrogen) atoms. The molecule has 0 spiro atoms. The number of aromatic nitrogens is 3. The monoisotopic (exact) mass is 372 g/mol. The van der Waals surface area contributed by atoms with Crippen molar-refractivity contribution in [3.63, 3.8) is 0 Å². The van der Waals surface area contributed by atoms with Gasteiger partial charge in [0.1, 0.15) is 5.82 Å². The molecule has 6 heteroatoms. The highest BCUT2D eigenvalue weighted by Gasteiger charge is 2.21. The van der Waals surface area contributed by atoms with Crippen LogP contribution in [0, 0.1) is 6.92 Å². The summed E-state index contributed by atoms with van der Waals surface area (Å²) in [7, 11) is 0. The molecule has 1 aliphatic heterocycles. The lowest BCUT2D eigenvalue weighted by atomic mass is 10.1. The summed E-state index contributed by atoms with van der Waals surface area (Å²) in [6, 6.07) is 6.25. The van der Waals surface area contributed by atoms with E-state index in [1.165, 1.54) is 10.9 Å². The van der Waals surface area contributed by atoms with E-state index in [-0.39, 0.29) is 5.56 Å². The number of rotatable bonds is 2. The molecular formula is C17H17BrN4O. The molecule has 5 nitrogen and oxygen atoms in total. The zero-order chi connectivity index (χ0) is 16.0. The maximum atomic E-state index is 12.2. The molecule has 0 amide bonds. The van der Waals surface area contributed by atoms with Gasteiger partial charge in [-0.25, -0.2) is 4.98 Å². The van der Waals surface area contributed by atoms with E-state index >= 15 is 0 Å². The second kappa shape index (κ2) is 5.62. The average molecular weight is 373 g/mol. The van der Waals surface area contributed by atoms with E-state index in [4.69, 9.17) is 0 Å². The Hall–Kier alpha value is -1.92. The highest BCUT2D eigenvalue weighted by atomic mass is 79.9. The van der Waals surface area contributed by atoms with Gasteiger partial charge in [-0.3, -0.25) is 9.69 Å². The Morgan fingerprint density at radius 2 is 2.26 bits per heavy atom. The first-order valence-electron chi connectivity index (χ1n) is 7.67. The third-order valence-corrected chi connectivity index (χ3v) is 4.88. The molecule has 0 unspecified atom stereocenters. The molecule has 3 aromatic rings. The van der Waals surface area contributed by atoms with Crippen molar-refractivity contribution < 1.29 is 0 Å². The van der Waals surface area contributed by atoms with E-state index in [0.29, 0.717) is 12.4 Å². The maximum absolute atomic E-state index is 12.2. The smallest absolute Gasteiger partial charge is 0.255 e. The summed E-state index contributed by atoms with van der Waals surface area (Å²) in [6.07, 6.45) is 2.89. The summed E-state index contributed by atoms with van der Waals surface area (Å²) in [4.78, 5) is 25.1. The fourth-order valence-corrected chi connectivity index (χ4v) is 3.62. The van der Waals surface area contributed by atoms with Crippen LogP contribution in [-0.4, -0.2) is 26.4 Å². The van der Waals surface area contributed by atoms with Crippen LogP contribution in [0.25, 0.3) is 10.9 Å². The molecule has 0 aliphatic carbocycles. The molecule has 1 aromatic carbocycles. The van der Waals surface area contributed by atoms with Crippen molar-refractivity contribution >= 4 is 26.8 Å². The van der Waals surface area contributed by atoms with Crippen molar-refractivity contribution in [1.82, 2.24) is 19.9 Å². The fourth-order valence-electron chi connectivity index (χ4n) is 3.26. The molecule has 0 fully saturated rings. The molecule has 118 valence electrons. The number of H-pyrrole nitrogens is 2. The summed E-state index contributed by atoms with van der Waals surface area (Å²) in [6.45, 7) is 4.23. The Kier molecular flexibility index (Phi) is 3.58. The first-order valence-corrected chi connectivity index (χ1v) is 8.46. The number of halogens is 1. The number of hydrogen-bond acceptors (Lipinski definition) is 3. The molecular weight excluding hydrogens is 356 g/mol. The van der Waals surface area contributed by atoms with Crippen LogP contribution in [0.5, 0.6) is 0 Å². The molecule has 3 heterocycles. The average Bonchev–Trinajstić information content (AvgIpc) is 2.90. The van der Waals surface area contributed by atoms with E-state index < -0.39 is 0 Å². The second-order valence-electron chi connectivity index (χ2n) is 6.04. The topological polar surface area (TPSA) is 64.8 Å². The normalized spacial score (nSPS) is 15.0. The van der Waals surface area contributed by atoms with Gasteiger partial charge in [0.15, 0.2) is 0 Å². The summed E-state index contributed by atoms with van der Waals surface area (Å²) >= 11 is 3.53. The van der Waals surface area contributed by atoms with E-state index in [9.17, 15) is 4.79 Å². The van der Waals surface area contributed by atoms with Crippen LogP contribution in [0.15, 0.2) is 33.7 Å². The predicted molar refractivity (Wildman–Crippen MR) is 93.4 cm³/mol. The Bertz CT molecular complexity index is 943. The van der Waals surface area contributed by atoms with Gasteiger partial charge in [0.25, 0.3) is 5.56 Å². The van der Waals surface area contributed by atoms with Crippen LogP contribution >= 0.6 is 15.9 Å². The first-order chi connectivity index (χ1) is 11.1. The number of benzene rings is 1. The maximum Gasteiger partial charge on any atom is 0.255 e. The SMILES string of the molecule is Cc1nc2c(c(=O)[nH]1)CN(Cc1c[nH]c3ccc(Br)cc13)CC2. The van der Waals surface area contributed by atoms with Crippen molar-refractivity contribution in [2.24, 2.45) is 0 Å². The van der Waals surface area contributed by atoms with Gasteiger partial charge in [0.05, 0.1) is 11.3 Å². The third kappa shape index (κ3) is 2.72. The molecule has 0 atom stereocenters. The van der Waals surface area contributed by atoms with Gasteiger partial charge in [-0.2, -0.15) is 0 Å². The molecule has 2 N–H and O–H groups in total. The lowest BCUT2D eigenvalue weighted by molar-refractivity contribution is 0.242. The largest absolute Gasteiger partial charge is 0.361 e. The number of fused-ring (bicyclic) bond motifs is 2. The Morgan fingerprint density at radius 3 is 3.13 bits per heavy atom. The van der Waals surface area contributed by atoms with Crippen molar-refractivity contribution in [3.05, 3.63) is 61.9 Å². The van der Waals surface area contributed by atoms with Crippen LogP contribution in [0.3, 0.4) is 0 Å². The van der Waals surface area contributed by atoms with E-state index in [1.54, 1.807) is 0 Å². The lowest BCUT2D eigenvalue weighted by Gasteiger charge is -2.27. The third-order valence-electron chi connectivity index (χ3n) is 4.39. The zero-order valence-electron chi connectivity index (χ0n) is 12.8. The van der Waals surface area contributed by atoms with Crippen molar-refractivity contribution in [1.29, 1.82) is 0 Å². The van der Waals surface area contributed by atoms with Gasteiger partial charge < -0.3 is 9.97 Å². The summed E-state index contributed by atoms with van der Waals surface area (Å²) in [5.74, 6) is 0.698. The number of aromatic amines is 2. The van der Waals surface area contributed by atoms with Gasteiger partial charge in [-0.1, -0.05) is 15.9 Å². The van der Waals surface area contributed by atoms with Crippen molar-refractivity contribution in [2.75, 3.05) is 6.54 Å². The quantitative estimate of drug-likeness (QED) is 0.726. The first kappa shape index (κ1) is 14.7. The molecule has 1 aliphatic rings. The van der Waals surface area contributed by atoms with Crippen LogP contribution in [0.4, 0.5) is 0 Å². The lowest BCUT2D eigenvalue weighted by Crippen LogP contribution is -2.35. The Balaban J connectivity index is 1.62. The minimum absolute atomic E-state index is 0.00105. The summed E-state index contributed by atoms with van der Waals surface area (Å²) in [5, 5.41) is 1.22. The predicted octanol–water partition coefficient (Wildman–Crippen LogP) is 2.88. The standard InChI is InChI=1S/C17H17BrN4O/c1-10-20-16-4-5-22(9-14(16)17(23)21-10)8-11-7-19-15-3-2-12(18)6-13(11)15/h2-3,6-7,19H,4-5,8-9H2,1H3,(H,20,21,23). The highest BCUT2D eigenvalue weighted by Crippen LogP contribution is 2.25. The van der Waals surface area contributed by atoms with Crippen molar-refractivity contribution in [3.8, 4) is 0 Å². The fraction of sp³-hybridized carbons (Fsp3) is 0.294. The van der Waals surface area contributed by atoms with Crippen LogP contribution in [-0.2, 0) is 19.5 Å². The van der Waals surface area contributed by atoms with Crippen LogP contribution in [0.2, 0.25) is 0 Å². The number of nitrogens with zero attached hydrogens (tertiary/aromatic N) is 2. The molecule has 2 aromatic heterocycles. The van der Waals surface area contributed by atoms with E-state index in [0.717, 1.165) is 40.8 Å². The summed E-state index contributed by atoms with van der Waals surface area (Å²) in [5.41, 5.74) is 4.14. The van der Waals surface area contributed by atoms with Gasteiger partial charge in [-0.05, 0) is 30.7 Å². The highest BCUT2D eigenvalue weighted by molar-refractivity contribution is 9.10. The molecule has 0 radical (unpaired) electrons. The van der Waals surface area contributed by atoms with Gasteiger partial charge >= 0.3 is 0 Å². The number of nitrogens with one attached hydrogen (secondary N) is 2.